The maximum atomic E-state index is 13.5. The topological polar surface area (TPSA) is 78.5 Å². The summed E-state index contributed by atoms with van der Waals surface area (Å²) in [5, 5.41) is 0.500. The molecular formula is C23H18F3N3O4S. The second-order valence-corrected chi connectivity index (χ2v) is 8.27. The van der Waals surface area contributed by atoms with Gasteiger partial charge in [0.15, 0.2) is 28.2 Å². The monoisotopic (exact) mass is 489 g/mol. The van der Waals surface area contributed by atoms with Crippen LogP contribution >= 0.6 is 11.8 Å². The molecule has 0 radical (unpaired) electrons. The zero-order valence-electron chi connectivity index (χ0n) is 17.8. The minimum absolute atomic E-state index is 0.138. The molecule has 0 amide bonds. The van der Waals surface area contributed by atoms with Crippen molar-refractivity contribution in [3.8, 4) is 23.0 Å². The first-order valence-electron chi connectivity index (χ1n) is 10.2. The molecule has 11 heteroatoms. The number of ether oxygens (including phenoxy) is 4. The summed E-state index contributed by atoms with van der Waals surface area (Å²) in [6.07, 6.45) is -5.32. The van der Waals surface area contributed by atoms with Crippen molar-refractivity contribution >= 4 is 22.8 Å². The Kier molecular flexibility index (Phi) is 5.86. The van der Waals surface area contributed by atoms with Crippen molar-refractivity contribution in [1.82, 2.24) is 15.0 Å². The molecule has 1 N–H and O–H groups in total. The molecule has 34 heavy (non-hydrogen) atoms. The second kappa shape index (κ2) is 8.98. The first-order chi connectivity index (χ1) is 16.4. The summed E-state index contributed by atoms with van der Waals surface area (Å²) < 4.78 is 60.9. The summed E-state index contributed by atoms with van der Waals surface area (Å²) in [7, 11) is 1.54. The van der Waals surface area contributed by atoms with E-state index in [4.69, 9.17) is 9.47 Å². The predicted octanol–water partition coefficient (Wildman–Crippen LogP) is 5.50. The van der Waals surface area contributed by atoms with Crippen molar-refractivity contribution in [2.45, 2.75) is 30.0 Å². The number of alkyl halides is 3. The number of nitrogens with zero attached hydrogens (tertiary/aromatic N) is 2. The molecule has 2 aromatic heterocycles. The van der Waals surface area contributed by atoms with Gasteiger partial charge in [-0.15, -0.1) is 0 Å². The Labute approximate surface area is 196 Å². The third kappa shape index (κ3) is 4.43. The van der Waals surface area contributed by atoms with Gasteiger partial charge in [0, 0.05) is 30.1 Å². The van der Waals surface area contributed by atoms with Gasteiger partial charge in [0.2, 0.25) is 0 Å². The third-order valence-corrected chi connectivity index (χ3v) is 5.88. The van der Waals surface area contributed by atoms with Crippen LogP contribution < -0.4 is 18.9 Å². The number of imidazole rings is 1. The van der Waals surface area contributed by atoms with Crippen LogP contribution in [-0.2, 0) is 12.4 Å². The van der Waals surface area contributed by atoms with Gasteiger partial charge in [-0.25, -0.2) is 4.98 Å². The van der Waals surface area contributed by atoms with Crippen molar-refractivity contribution in [2.75, 3.05) is 7.11 Å². The molecule has 4 aromatic rings. The molecule has 0 spiro atoms. The van der Waals surface area contributed by atoms with Crippen molar-refractivity contribution in [3.63, 3.8) is 0 Å². The van der Waals surface area contributed by atoms with Crippen molar-refractivity contribution in [2.24, 2.45) is 0 Å². The molecule has 1 aliphatic rings. The highest BCUT2D eigenvalue weighted by molar-refractivity contribution is 7.98. The fourth-order valence-corrected chi connectivity index (χ4v) is 4.21. The molecule has 3 heterocycles. The number of hydrogen-bond acceptors (Lipinski definition) is 7. The Morgan fingerprint density at radius 1 is 1.15 bits per heavy atom. The SMILES string of the molecule is COc1c(OCc2ccccc2)ccnc1CSc1nc2cc3c(cc2[nH]1)OC(F)(F)C(F)O3. The number of pyridine rings is 1. The Bertz CT molecular complexity index is 1320. The largest absolute Gasteiger partial charge is 0.491 e. The smallest absolute Gasteiger partial charge is 0.468 e. The van der Waals surface area contributed by atoms with E-state index < -0.39 is 12.5 Å². The van der Waals surface area contributed by atoms with E-state index >= 15 is 0 Å². The number of methoxy groups -OCH3 is 1. The van der Waals surface area contributed by atoms with Crippen LogP contribution in [0.15, 0.2) is 59.9 Å². The molecule has 0 saturated carbocycles. The van der Waals surface area contributed by atoms with Crippen LogP contribution in [0.2, 0.25) is 0 Å². The number of benzene rings is 2. The van der Waals surface area contributed by atoms with Gasteiger partial charge in [0.25, 0.3) is 0 Å². The van der Waals surface area contributed by atoms with E-state index in [1.165, 1.54) is 23.9 Å². The van der Waals surface area contributed by atoms with E-state index in [9.17, 15) is 13.2 Å². The lowest BCUT2D eigenvalue weighted by atomic mass is 10.2. The van der Waals surface area contributed by atoms with Crippen LogP contribution in [0.3, 0.4) is 0 Å². The Balaban J connectivity index is 1.32. The predicted molar refractivity (Wildman–Crippen MR) is 118 cm³/mol. The number of rotatable bonds is 7. The van der Waals surface area contributed by atoms with E-state index in [-0.39, 0.29) is 11.5 Å². The molecule has 0 saturated heterocycles. The minimum Gasteiger partial charge on any atom is -0.491 e. The zero-order valence-corrected chi connectivity index (χ0v) is 18.6. The normalized spacial score (nSPS) is 16.4. The molecule has 0 bridgehead atoms. The van der Waals surface area contributed by atoms with Crippen LogP contribution in [0.1, 0.15) is 11.3 Å². The highest BCUT2D eigenvalue weighted by atomic mass is 32.2. The van der Waals surface area contributed by atoms with Gasteiger partial charge >= 0.3 is 12.5 Å². The number of hydrogen-bond donors (Lipinski definition) is 1. The second-order valence-electron chi connectivity index (χ2n) is 7.31. The Morgan fingerprint density at radius 3 is 2.76 bits per heavy atom. The Morgan fingerprint density at radius 2 is 1.97 bits per heavy atom. The highest BCUT2D eigenvalue weighted by Gasteiger charge is 2.49. The Hall–Kier alpha value is -3.60. The van der Waals surface area contributed by atoms with Crippen LogP contribution in [0.25, 0.3) is 11.0 Å². The molecule has 1 aliphatic heterocycles. The van der Waals surface area contributed by atoms with Crippen molar-refractivity contribution in [3.05, 3.63) is 66.0 Å². The van der Waals surface area contributed by atoms with Crippen LogP contribution in [0, 0.1) is 0 Å². The summed E-state index contributed by atoms with van der Waals surface area (Å²) in [5.41, 5.74) is 2.52. The van der Waals surface area contributed by atoms with Crippen LogP contribution in [0.5, 0.6) is 23.0 Å². The lowest BCUT2D eigenvalue weighted by Gasteiger charge is -2.28. The summed E-state index contributed by atoms with van der Waals surface area (Å²) in [5.74, 6) is 1.06. The standard InChI is InChI=1S/C23H18F3N3O4S/c1-30-20-16(27-8-7-17(20)31-11-13-5-3-2-4-6-13)12-34-22-28-14-9-18-19(10-15(14)29-22)33-23(25,26)21(24)32-18/h2-10,21H,11-12H2,1H3,(H,28,29). The first-order valence-corrected chi connectivity index (χ1v) is 11.1. The third-order valence-electron chi connectivity index (χ3n) is 5.00. The first kappa shape index (κ1) is 22.2. The molecule has 7 nitrogen and oxygen atoms in total. The molecule has 5 rings (SSSR count). The van der Waals surface area contributed by atoms with Gasteiger partial charge in [-0.3, -0.25) is 4.98 Å². The summed E-state index contributed by atoms with van der Waals surface area (Å²) >= 11 is 1.33. The lowest BCUT2D eigenvalue weighted by molar-refractivity contribution is -0.281. The number of halogens is 3. The highest BCUT2D eigenvalue weighted by Crippen LogP contribution is 2.43. The zero-order chi connectivity index (χ0) is 23.7. The van der Waals surface area contributed by atoms with E-state index in [1.807, 2.05) is 30.3 Å². The number of fused-ring (bicyclic) bond motifs is 2. The molecule has 0 aliphatic carbocycles. The average molecular weight is 489 g/mol. The number of aromatic amines is 1. The van der Waals surface area contributed by atoms with E-state index in [1.54, 1.807) is 19.4 Å². The molecule has 1 unspecified atom stereocenters. The number of nitrogens with one attached hydrogen (secondary N) is 1. The van der Waals surface area contributed by atoms with Gasteiger partial charge in [-0.1, -0.05) is 42.1 Å². The fraction of sp³-hybridized carbons (Fsp3) is 0.217. The van der Waals surface area contributed by atoms with Crippen molar-refractivity contribution < 1.29 is 32.1 Å². The van der Waals surface area contributed by atoms with E-state index in [0.717, 1.165) is 5.56 Å². The quantitative estimate of drug-likeness (QED) is 0.344. The van der Waals surface area contributed by atoms with Gasteiger partial charge in [-0.2, -0.15) is 13.2 Å². The maximum Gasteiger partial charge on any atom is 0.468 e. The number of aromatic nitrogens is 3. The summed E-state index contributed by atoms with van der Waals surface area (Å²) in [6, 6.07) is 14.1. The van der Waals surface area contributed by atoms with E-state index in [2.05, 4.69) is 24.4 Å². The molecule has 1 atom stereocenters. The average Bonchev–Trinajstić information content (AvgIpc) is 3.22. The lowest BCUT2D eigenvalue weighted by Crippen LogP contribution is -2.43. The number of H-pyrrole nitrogens is 1. The van der Waals surface area contributed by atoms with Gasteiger partial charge in [-0.05, 0) is 5.56 Å². The number of thioether (sulfide) groups is 1. The van der Waals surface area contributed by atoms with E-state index in [0.29, 0.717) is 45.7 Å². The molecule has 176 valence electrons. The van der Waals surface area contributed by atoms with Gasteiger partial charge < -0.3 is 23.9 Å². The fourth-order valence-electron chi connectivity index (χ4n) is 3.39. The van der Waals surface area contributed by atoms with Gasteiger partial charge in [0.1, 0.15) is 6.61 Å². The molecular weight excluding hydrogens is 471 g/mol. The van der Waals surface area contributed by atoms with Crippen LogP contribution in [-0.4, -0.2) is 34.5 Å². The molecule has 0 fully saturated rings. The van der Waals surface area contributed by atoms with Gasteiger partial charge in [0.05, 0.1) is 23.8 Å². The minimum atomic E-state index is -4.06. The maximum absolute atomic E-state index is 13.5. The van der Waals surface area contributed by atoms with Crippen LogP contribution in [0.4, 0.5) is 13.2 Å². The summed E-state index contributed by atoms with van der Waals surface area (Å²) in [4.78, 5) is 11.8. The molecule has 2 aromatic carbocycles. The van der Waals surface area contributed by atoms with Crippen molar-refractivity contribution in [1.29, 1.82) is 0 Å². The summed E-state index contributed by atoms with van der Waals surface area (Å²) in [6.45, 7) is 0.380.